The molecule has 1 aromatic carbocycles. The fourth-order valence-electron chi connectivity index (χ4n) is 2.42. The van der Waals surface area contributed by atoms with Crippen molar-refractivity contribution in [1.82, 2.24) is 0 Å². The van der Waals surface area contributed by atoms with Crippen molar-refractivity contribution in [1.29, 1.82) is 0 Å². The van der Waals surface area contributed by atoms with Gasteiger partial charge in [-0.15, -0.1) is 0 Å². The molecule has 1 heterocycles. The van der Waals surface area contributed by atoms with E-state index in [0.717, 1.165) is 16.8 Å². The van der Waals surface area contributed by atoms with Crippen molar-refractivity contribution >= 4 is 17.6 Å². The van der Waals surface area contributed by atoms with Crippen molar-refractivity contribution in [2.45, 2.75) is 40.5 Å². The number of anilines is 1. The molecule has 0 aromatic heterocycles. The lowest BCUT2D eigenvalue weighted by Gasteiger charge is -2.23. The van der Waals surface area contributed by atoms with Crippen LogP contribution in [0.1, 0.15) is 38.3 Å². The van der Waals surface area contributed by atoms with Gasteiger partial charge in [0.25, 0.3) is 0 Å². The molecule has 0 aliphatic carbocycles. The van der Waals surface area contributed by atoms with E-state index in [2.05, 4.69) is 0 Å². The van der Waals surface area contributed by atoms with E-state index in [0.29, 0.717) is 19.4 Å². The van der Waals surface area contributed by atoms with Crippen LogP contribution in [0.25, 0.3) is 0 Å². The van der Waals surface area contributed by atoms with Gasteiger partial charge in [0.1, 0.15) is 5.92 Å². The van der Waals surface area contributed by atoms with E-state index in [1.54, 1.807) is 4.90 Å². The van der Waals surface area contributed by atoms with Crippen LogP contribution in [0.3, 0.4) is 0 Å². The fraction of sp³-hybridized carbons (Fsp3) is 0.500. The van der Waals surface area contributed by atoms with Crippen molar-refractivity contribution in [3.63, 3.8) is 0 Å². The van der Waals surface area contributed by atoms with E-state index in [1.807, 2.05) is 45.9 Å². The molecular weight excluding hydrogens is 254 g/mol. The van der Waals surface area contributed by atoms with E-state index in [-0.39, 0.29) is 5.91 Å². The number of fused-ring (bicyclic) bond motifs is 1. The minimum Gasteiger partial charge on any atom is -0.481 e. The lowest BCUT2D eigenvalue weighted by molar-refractivity contribution is -0.146. The summed E-state index contributed by atoms with van der Waals surface area (Å²) in [6.45, 7) is 8.34. The quantitative estimate of drug-likeness (QED) is 0.845. The number of nitrogens with zero attached hydrogens (tertiary/aromatic N) is 1. The second kappa shape index (κ2) is 7.08. The lowest BCUT2D eigenvalue weighted by Crippen LogP contribution is -2.38. The number of hydrogen-bond acceptors (Lipinski definition) is 2. The Morgan fingerprint density at radius 2 is 2.05 bits per heavy atom. The van der Waals surface area contributed by atoms with Crippen LogP contribution in [0, 0.1) is 12.8 Å². The molecule has 1 aliphatic heterocycles. The molecule has 1 amide bonds. The van der Waals surface area contributed by atoms with Crippen molar-refractivity contribution in [3.05, 3.63) is 29.3 Å². The Bertz CT molecular complexity index is 496. The van der Waals surface area contributed by atoms with Gasteiger partial charge in [0.15, 0.2) is 0 Å². The number of aliphatic carboxylic acids is 1. The van der Waals surface area contributed by atoms with Crippen molar-refractivity contribution in [2.75, 3.05) is 11.4 Å². The number of benzene rings is 1. The van der Waals surface area contributed by atoms with E-state index in [1.165, 1.54) is 0 Å². The Labute approximate surface area is 120 Å². The highest BCUT2D eigenvalue weighted by Crippen LogP contribution is 2.30. The molecule has 1 aromatic rings. The predicted octanol–water partition coefficient (Wildman–Crippen LogP) is 3.02. The third kappa shape index (κ3) is 3.18. The monoisotopic (exact) mass is 277 g/mol. The Morgan fingerprint density at radius 3 is 2.60 bits per heavy atom. The SMILES string of the molecule is CC.CCN1C(=O)C(C(=O)O)CCc2ccc(C)cc21. The molecule has 1 aliphatic rings. The van der Waals surface area contributed by atoms with Crippen LogP contribution in [0.5, 0.6) is 0 Å². The van der Waals surface area contributed by atoms with Gasteiger partial charge in [0.2, 0.25) is 5.91 Å². The van der Waals surface area contributed by atoms with Crippen LogP contribution in [0.2, 0.25) is 0 Å². The topological polar surface area (TPSA) is 57.6 Å². The molecule has 20 heavy (non-hydrogen) atoms. The van der Waals surface area contributed by atoms with E-state index >= 15 is 0 Å². The van der Waals surface area contributed by atoms with Gasteiger partial charge in [-0.2, -0.15) is 0 Å². The summed E-state index contributed by atoms with van der Waals surface area (Å²) >= 11 is 0. The number of carbonyl (C=O) groups excluding carboxylic acids is 1. The molecule has 0 spiro atoms. The van der Waals surface area contributed by atoms with Gasteiger partial charge in [-0.3, -0.25) is 9.59 Å². The molecular formula is C16H23NO3. The molecule has 4 nitrogen and oxygen atoms in total. The average molecular weight is 277 g/mol. The molecule has 110 valence electrons. The number of rotatable bonds is 2. The first-order valence-corrected chi connectivity index (χ1v) is 7.18. The number of carboxylic acids is 1. The summed E-state index contributed by atoms with van der Waals surface area (Å²) in [4.78, 5) is 25.0. The summed E-state index contributed by atoms with van der Waals surface area (Å²) in [5.74, 6) is -2.24. The Kier molecular flexibility index (Phi) is 5.74. The van der Waals surface area contributed by atoms with Gasteiger partial charge in [-0.1, -0.05) is 26.0 Å². The first kappa shape index (κ1) is 16.2. The van der Waals surface area contributed by atoms with Gasteiger partial charge in [0, 0.05) is 12.2 Å². The molecule has 0 saturated heterocycles. The van der Waals surface area contributed by atoms with Crippen LogP contribution < -0.4 is 4.90 Å². The van der Waals surface area contributed by atoms with Crippen molar-refractivity contribution in [2.24, 2.45) is 5.92 Å². The third-order valence-electron chi connectivity index (χ3n) is 3.41. The highest BCUT2D eigenvalue weighted by molar-refractivity contribution is 6.06. The average Bonchev–Trinajstić information content (AvgIpc) is 2.56. The van der Waals surface area contributed by atoms with Crippen LogP contribution in [-0.4, -0.2) is 23.5 Å². The molecule has 0 radical (unpaired) electrons. The largest absolute Gasteiger partial charge is 0.481 e. The molecule has 4 heteroatoms. The molecule has 0 saturated carbocycles. The molecule has 2 rings (SSSR count). The van der Waals surface area contributed by atoms with Crippen LogP contribution in [0.4, 0.5) is 5.69 Å². The molecule has 1 unspecified atom stereocenters. The summed E-state index contributed by atoms with van der Waals surface area (Å²) in [5, 5.41) is 9.13. The van der Waals surface area contributed by atoms with Gasteiger partial charge < -0.3 is 10.0 Å². The van der Waals surface area contributed by atoms with E-state index < -0.39 is 11.9 Å². The maximum atomic E-state index is 12.2. The minimum atomic E-state index is -1.03. The van der Waals surface area contributed by atoms with E-state index in [9.17, 15) is 9.59 Å². The van der Waals surface area contributed by atoms with Gasteiger partial charge in [0.05, 0.1) is 0 Å². The summed E-state index contributed by atoms with van der Waals surface area (Å²) in [6.07, 6.45) is 1.01. The first-order chi connectivity index (χ1) is 9.54. The number of hydrogen-bond donors (Lipinski definition) is 1. The summed E-state index contributed by atoms with van der Waals surface area (Å²) in [5.41, 5.74) is 3.00. The van der Waals surface area contributed by atoms with Gasteiger partial charge in [-0.05, 0) is 43.9 Å². The van der Waals surface area contributed by atoms with Gasteiger partial charge in [-0.25, -0.2) is 0 Å². The first-order valence-electron chi connectivity index (χ1n) is 7.18. The summed E-state index contributed by atoms with van der Waals surface area (Å²) < 4.78 is 0. The predicted molar refractivity (Wildman–Crippen MR) is 80.0 cm³/mol. The third-order valence-corrected chi connectivity index (χ3v) is 3.41. The molecule has 1 N–H and O–H groups in total. The zero-order valence-electron chi connectivity index (χ0n) is 12.6. The molecule has 0 fully saturated rings. The lowest BCUT2D eigenvalue weighted by atomic mass is 10.0. The highest BCUT2D eigenvalue weighted by atomic mass is 16.4. The zero-order valence-corrected chi connectivity index (χ0v) is 12.6. The van der Waals surface area contributed by atoms with Crippen LogP contribution in [0.15, 0.2) is 18.2 Å². The van der Waals surface area contributed by atoms with Gasteiger partial charge >= 0.3 is 5.97 Å². The van der Waals surface area contributed by atoms with E-state index in [4.69, 9.17) is 5.11 Å². The normalized spacial score (nSPS) is 17.7. The smallest absolute Gasteiger partial charge is 0.316 e. The number of carboxylic acid groups (broad SMARTS) is 1. The van der Waals surface area contributed by atoms with Crippen molar-refractivity contribution < 1.29 is 14.7 Å². The van der Waals surface area contributed by atoms with Crippen molar-refractivity contribution in [3.8, 4) is 0 Å². The minimum absolute atomic E-state index is 0.297. The fourth-order valence-corrected chi connectivity index (χ4v) is 2.42. The maximum absolute atomic E-state index is 12.2. The standard InChI is InChI=1S/C14H17NO3.C2H6/c1-3-15-12-8-9(2)4-5-10(12)6-7-11(13(15)16)14(17)18;1-2/h4-5,8,11H,3,6-7H2,1-2H3,(H,17,18);1-2H3. The summed E-state index contributed by atoms with van der Waals surface area (Å²) in [6, 6.07) is 5.95. The van der Waals surface area contributed by atoms with Crippen LogP contribution >= 0.6 is 0 Å². The Balaban J connectivity index is 0.000000956. The molecule has 1 atom stereocenters. The highest BCUT2D eigenvalue weighted by Gasteiger charge is 2.34. The van der Waals surface area contributed by atoms with Crippen LogP contribution in [-0.2, 0) is 16.0 Å². The Hall–Kier alpha value is -1.84. The second-order valence-corrected chi connectivity index (χ2v) is 4.64. The second-order valence-electron chi connectivity index (χ2n) is 4.64. The number of aryl methyl sites for hydroxylation is 2. The number of carbonyl (C=O) groups is 2. The molecule has 0 bridgehead atoms. The maximum Gasteiger partial charge on any atom is 0.316 e. The summed E-state index contributed by atoms with van der Waals surface area (Å²) in [7, 11) is 0. The number of amides is 1. The Morgan fingerprint density at radius 1 is 1.40 bits per heavy atom. The zero-order chi connectivity index (χ0) is 15.3.